The number of hydrogen-bond donors (Lipinski definition) is 4. The molecule has 16 heteroatoms. The Hall–Kier alpha value is -3.89. The highest BCUT2D eigenvalue weighted by atomic mass is 32.2. The van der Waals surface area contributed by atoms with Crippen molar-refractivity contribution in [1.82, 2.24) is 30.2 Å². The molecular weight excluding hydrogens is 673 g/mol. The summed E-state index contributed by atoms with van der Waals surface area (Å²) in [5.41, 5.74) is -4.05. The first-order chi connectivity index (χ1) is 23.0. The average molecular weight is 715 g/mol. The lowest BCUT2D eigenvalue weighted by molar-refractivity contribution is -0.144. The Kier molecular flexibility index (Phi) is 9.11. The Morgan fingerprint density at radius 2 is 1.94 bits per heavy atom. The molecular formula is C33H42N6O8S2. The molecule has 4 amide bonds. The van der Waals surface area contributed by atoms with Crippen molar-refractivity contribution >= 4 is 45.0 Å². The van der Waals surface area contributed by atoms with Gasteiger partial charge in [0, 0.05) is 25.5 Å². The fourth-order valence-corrected chi connectivity index (χ4v) is 8.22. The molecule has 3 aliphatic carbocycles. The molecule has 4 fully saturated rings. The minimum atomic E-state index is -4.01. The van der Waals surface area contributed by atoms with Crippen molar-refractivity contribution in [1.29, 1.82) is 0 Å². The number of nitrogens with one attached hydrogen (secondary N) is 3. The molecule has 1 aliphatic heterocycles. The second-order valence-electron chi connectivity index (χ2n) is 14.6. The van der Waals surface area contributed by atoms with Crippen molar-refractivity contribution in [3.63, 3.8) is 0 Å². The van der Waals surface area contributed by atoms with Crippen molar-refractivity contribution in [3.8, 4) is 16.6 Å². The Balaban J connectivity index is 1.26. The van der Waals surface area contributed by atoms with Crippen LogP contribution < -0.4 is 20.1 Å². The van der Waals surface area contributed by atoms with Crippen LogP contribution in [0.1, 0.15) is 65.7 Å². The van der Waals surface area contributed by atoms with Crippen LogP contribution >= 0.6 is 11.3 Å². The van der Waals surface area contributed by atoms with E-state index in [4.69, 9.17) is 4.74 Å². The highest BCUT2D eigenvalue weighted by molar-refractivity contribution is 7.91. The first kappa shape index (κ1) is 35.0. The second-order valence-corrected chi connectivity index (χ2v) is 17.5. The van der Waals surface area contributed by atoms with Crippen molar-refractivity contribution in [2.75, 3.05) is 6.54 Å². The fourth-order valence-electron chi connectivity index (χ4n) is 6.17. The number of rotatable bonds is 13. The lowest BCUT2D eigenvalue weighted by atomic mass is 9.85. The van der Waals surface area contributed by atoms with Gasteiger partial charge in [0.05, 0.1) is 22.4 Å². The SMILES string of the molecule is C=CC1(O)C[C@]1(NC(=O)[C@@H]1C[C@@H](Oc2nccc(-c3cccs3)n2)CN1C(=O)[C@@H](NC(=O)CC1CC1)C(C)(C)C)C(=O)NS(=O)(=O)C1CC1. The van der Waals surface area contributed by atoms with Gasteiger partial charge >= 0.3 is 6.01 Å². The van der Waals surface area contributed by atoms with Crippen molar-refractivity contribution in [3.05, 3.63) is 42.4 Å². The maximum atomic E-state index is 14.3. The van der Waals surface area contributed by atoms with E-state index in [1.165, 1.54) is 16.2 Å². The molecule has 1 saturated heterocycles. The maximum Gasteiger partial charge on any atom is 0.317 e. The summed E-state index contributed by atoms with van der Waals surface area (Å²) < 4.78 is 33.4. The lowest BCUT2D eigenvalue weighted by Gasteiger charge is -2.35. The van der Waals surface area contributed by atoms with Crippen molar-refractivity contribution in [2.45, 2.75) is 100 Å². The molecule has 5 atom stereocenters. The van der Waals surface area contributed by atoms with E-state index in [9.17, 15) is 32.7 Å². The summed E-state index contributed by atoms with van der Waals surface area (Å²) in [7, 11) is -4.01. The number of amides is 4. The third-order valence-corrected chi connectivity index (χ3v) is 12.2. The molecule has 264 valence electrons. The van der Waals surface area contributed by atoms with Gasteiger partial charge in [0.2, 0.25) is 27.7 Å². The van der Waals surface area contributed by atoms with E-state index >= 15 is 0 Å². The predicted octanol–water partition coefficient (Wildman–Crippen LogP) is 1.67. The summed E-state index contributed by atoms with van der Waals surface area (Å²) in [6.45, 7) is 8.94. The number of carbonyl (C=O) groups excluding carboxylic acids is 4. The van der Waals surface area contributed by atoms with Gasteiger partial charge in [0.1, 0.15) is 23.8 Å². The molecule has 1 unspecified atom stereocenters. The van der Waals surface area contributed by atoms with Crippen LogP contribution in [0.2, 0.25) is 0 Å². The molecule has 4 aliphatic rings. The Morgan fingerprint density at radius 3 is 2.53 bits per heavy atom. The number of likely N-dealkylation sites (tertiary alicyclic amines) is 1. The zero-order valence-corrected chi connectivity index (χ0v) is 29.3. The lowest BCUT2D eigenvalue weighted by Crippen LogP contribution is -2.61. The first-order valence-electron chi connectivity index (χ1n) is 16.4. The standard InChI is InChI=1S/C33H42N6O8S2/c1-5-32(44)18-33(32,29(43)38-49(45,46)21-10-11-21)37-27(41)23-16-20(47-30-34-13-12-22(35-30)24-7-6-14-48-24)17-39(23)28(42)26(31(2,3)4)36-25(40)15-19-8-9-19/h5-7,12-14,19-21,23,26,44H,1,8-11,15-18H2,2-4H3,(H,36,40)(H,37,41)(H,38,43)/t20-,23+,26-,32?,33+/m1/s1. The van der Waals surface area contributed by atoms with E-state index < -0.39 is 67.7 Å². The topological polar surface area (TPSA) is 197 Å². The first-order valence-corrected chi connectivity index (χ1v) is 18.9. The number of nitrogens with zero attached hydrogens (tertiary/aromatic N) is 3. The van der Waals surface area contributed by atoms with E-state index in [1.807, 2.05) is 43.0 Å². The molecule has 4 N–H and O–H groups in total. The van der Waals surface area contributed by atoms with Crippen LogP contribution in [0.4, 0.5) is 0 Å². The molecule has 0 spiro atoms. The minimum Gasteiger partial charge on any atom is -0.458 e. The van der Waals surface area contributed by atoms with Gasteiger partial charge in [0.15, 0.2) is 5.54 Å². The highest BCUT2D eigenvalue weighted by Gasteiger charge is 2.72. The molecule has 2 aromatic heterocycles. The van der Waals surface area contributed by atoms with Crippen LogP contribution in [0.5, 0.6) is 6.01 Å². The largest absolute Gasteiger partial charge is 0.458 e. The Morgan fingerprint density at radius 1 is 1.20 bits per heavy atom. The number of aliphatic hydroxyl groups is 1. The fraction of sp³-hybridized carbons (Fsp3) is 0.576. The van der Waals surface area contributed by atoms with Crippen LogP contribution in [0.15, 0.2) is 42.4 Å². The monoisotopic (exact) mass is 714 g/mol. The van der Waals surface area contributed by atoms with Crippen LogP contribution in [0.3, 0.4) is 0 Å². The average Bonchev–Trinajstić information content (AvgIpc) is 4.00. The maximum absolute atomic E-state index is 14.3. The Labute approximate surface area is 289 Å². The molecule has 0 aromatic carbocycles. The number of aromatic nitrogens is 2. The number of hydrogen-bond acceptors (Lipinski definition) is 11. The van der Waals surface area contributed by atoms with E-state index in [0.717, 1.165) is 23.8 Å². The number of carbonyl (C=O) groups is 4. The molecule has 0 radical (unpaired) electrons. The highest BCUT2D eigenvalue weighted by Crippen LogP contribution is 2.49. The molecule has 2 aromatic rings. The zero-order chi connectivity index (χ0) is 35.4. The van der Waals surface area contributed by atoms with Gasteiger partial charge in [-0.1, -0.05) is 32.9 Å². The second kappa shape index (κ2) is 12.8. The third-order valence-electron chi connectivity index (χ3n) is 9.53. The van der Waals surface area contributed by atoms with Gasteiger partial charge in [0.25, 0.3) is 5.91 Å². The van der Waals surface area contributed by atoms with Crippen LogP contribution in [0.25, 0.3) is 10.6 Å². The summed E-state index contributed by atoms with van der Waals surface area (Å²) >= 11 is 1.49. The predicted molar refractivity (Wildman–Crippen MR) is 179 cm³/mol. The molecule has 49 heavy (non-hydrogen) atoms. The van der Waals surface area contributed by atoms with E-state index in [2.05, 4.69) is 27.2 Å². The number of ether oxygens (including phenoxy) is 1. The van der Waals surface area contributed by atoms with Gasteiger partial charge in [-0.05, 0) is 54.5 Å². The molecule has 0 bridgehead atoms. The third kappa shape index (κ3) is 7.36. The summed E-state index contributed by atoms with van der Waals surface area (Å²) in [6, 6.07) is 3.35. The molecule has 6 rings (SSSR count). The van der Waals surface area contributed by atoms with Crippen LogP contribution in [0, 0.1) is 11.3 Å². The molecule has 3 heterocycles. The molecule has 3 saturated carbocycles. The van der Waals surface area contributed by atoms with Crippen LogP contribution in [-0.4, -0.2) is 93.1 Å². The quantitative estimate of drug-likeness (QED) is 0.222. The van der Waals surface area contributed by atoms with Gasteiger partial charge in [-0.3, -0.25) is 23.9 Å². The van der Waals surface area contributed by atoms with Gasteiger partial charge < -0.3 is 25.4 Å². The smallest absolute Gasteiger partial charge is 0.317 e. The number of sulfonamides is 1. The van der Waals surface area contributed by atoms with E-state index in [-0.39, 0.29) is 37.2 Å². The molecule has 14 nitrogen and oxygen atoms in total. The van der Waals surface area contributed by atoms with Gasteiger partial charge in [-0.25, -0.2) is 13.4 Å². The summed E-state index contributed by atoms with van der Waals surface area (Å²) in [6.07, 6.45) is 4.54. The minimum absolute atomic E-state index is 0.0400. The normalized spacial score (nSPS) is 27.1. The Bertz CT molecular complexity index is 1750. The van der Waals surface area contributed by atoms with E-state index in [0.29, 0.717) is 25.0 Å². The number of thiophene rings is 1. The summed E-state index contributed by atoms with van der Waals surface area (Å²) in [5.74, 6) is -2.39. The van der Waals surface area contributed by atoms with E-state index in [1.54, 1.807) is 12.3 Å². The summed E-state index contributed by atoms with van der Waals surface area (Å²) in [4.78, 5) is 65.8. The van der Waals surface area contributed by atoms with Crippen molar-refractivity contribution < 1.29 is 37.4 Å². The van der Waals surface area contributed by atoms with Gasteiger partial charge in [-0.15, -0.1) is 17.9 Å². The zero-order valence-electron chi connectivity index (χ0n) is 27.7. The van der Waals surface area contributed by atoms with Crippen LogP contribution in [-0.2, 0) is 29.2 Å². The van der Waals surface area contributed by atoms with Crippen molar-refractivity contribution in [2.24, 2.45) is 11.3 Å². The van der Waals surface area contributed by atoms with Gasteiger partial charge in [-0.2, -0.15) is 4.98 Å². The summed E-state index contributed by atoms with van der Waals surface area (Å²) in [5, 5.41) is 17.8.